The Balaban J connectivity index is 1.63. The maximum absolute atomic E-state index is 10.2. The molecule has 5 atom stereocenters. The summed E-state index contributed by atoms with van der Waals surface area (Å²) in [6.07, 6.45) is 11.4. The number of hydrogen-bond acceptors (Lipinski definition) is 2. The Bertz CT molecular complexity index is 367. The number of rotatable bonds is 3. The van der Waals surface area contributed by atoms with Gasteiger partial charge in [0.1, 0.15) is 0 Å². The molecule has 0 radical (unpaired) electrons. The lowest BCUT2D eigenvalue weighted by atomic mass is 9.89. The Morgan fingerprint density at radius 2 is 1.95 bits per heavy atom. The zero-order valence-electron chi connectivity index (χ0n) is 11.7. The summed E-state index contributed by atoms with van der Waals surface area (Å²) in [5.41, 5.74) is 1.34. The molecule has 2 nitrogen and oxygen atoms in total. The third kappa shape index (κ3) is 2.66. The van der Waals surface area contributed by atoms with Gasteiger partial charge >= 0.3 is 0 Å². The fraction of sp³-hybridized carbons (Fsp3) is 0.765. The molecule has 2 heteroatoms. The van der Waals surface area contributed by atoms with Gasteiger partial charge in [0.2, 0.25) is 0 Å². The predicted octanol–water partition coefficient (Wildman–Crippen LogP) is 3.06. The van der Waals surface area contributed by atoms with Crippen LogP contribution in [0.5, 0.6) is 0 Å². The standard InChI is InChI=1S/C17H26O2/c1-11-8-13-10-17(19)14(15(13)9-11)6-7-16(18)12-4-2-3-5-12/h6-7,12-19H,1-5,8-10H2/t13-,14+,15+,16-,17+/m0/s1. The molecule has 3 rings (SSSR count). The Labute approximate surface area is 116 Å². The minimum atomic E-state index is -0.307. The number of hydrogen-bond donors (Lipinski definition) is 2. The highest BCUT2D eigenvalue weighted by Gasteiger charge is 2.44. The summed E-state index contributed by atoms with van der Waals surface area (Å²) in [6.45, 7) is 4.10. The summed E-state index contributed by atoms with van der Waals surface area (Å²) in [5.74, 6) is 1.87. The SMILES string of the molecule is C=C1C[C@H]2C[C@@H](O)[C@H](C=C[C@H](O)C3CCCC3)[C@@H]2C1. The first kappa shape index (κ1) is 13.4. The van der Waals surface area contributed by atoms with E-state index in [1.807, 2.05) is 6.08 Å². The number of aliphatic hydroxyl groups excluding tert-OH is 2. The van der Waals surface area contributed by atoms with Gasteiger partial charge in [-0.2, -0.15) is 0 Å². The van der Waals surface area contributed by atoms with E-state index in [4.69, 9.17) is 0 Å². The molecule has 0 aliphatic heterocycles. The van der Waals surface area contributed by atoms with Crippen LogP contribution >= 0.6 is 0 Å². The fourth-order valence-electron chi connectivity index (χ4n) is 4.54. The van der Waals surface area contributed by atoms with Gasteiger partial charge < -0.3 is 10.2 Å². The van der Waals surface area contributed by atoms with Crippen LogP contribution in [0.1, 0.15) is 44.9 Å². The van der Waals surface area contributed by atoms with E-state index in [1.54, 1.807) is 0 Å². The molecule has 0 amide bonds. The molecule has 19 heavy (non-hydrogen) atoms. The minimum Gasteiger partial charge on any atom is -0.392 e. The van der Waals surface area contributed by atoms with Crippen LogP contribution in [-0.4, -0.2) is 22.4 Å². The van der Waals surface area contributed by atoms with Crippen molar-refractivity contribution in [3.63, 3.8) is 0 Å². The number of fused-ring (bicyclic) bond motifs is 1. The summed E-state index contributed by atoms with van der Waals surface area (Å²) in [5, 5.41) is 20.4. The van der Waals surface area contributed by atoms with Gasteiger partial charge in [-0.05, 0) is 49.9 Å². The summed E-state index contributed by atoms with van der Waals surface area (Å²) < 4.78 is 0. The highest BCUT2D eigenvalue weighted by molar-refractivity contribution is 5.15. The second-order valence-corrected chi connectivity index (χ2v) is 6.88. The van der Waals surface area contributed by atoms with E-state index >= 15 is 0 Å². The van der Waals surface area contributed by atoms with Crippen LogP contribution in [0.15, 0.2) is 24.3 Å². The van der Waals surface area contributed by atoms with Crippen LogP contribution in [0.3, 0.4) is 0 Å². The van der Waals surface area contributed by atoms with Crippen molar-refractivity contribution in [2.75, 3.05) is 0 Å². The van der Waals surface area contributed by atoms with Gasteiger partial charge in [-0.25, -0.2) is 0 Å². The van der Waals surface area contributed by atoms with Gasteiger partial charge in [0.25, 0.3) is 0 Å². The maximum Gasteiger partial charge on any atom is 0.0749 e. The van der Waals surface area contributed by atoms with Gasteiger partial charge in [-0.15, -0.1) is 0 Å². The first-order chi connectivity index (χ1) is 9.15. The van der Waals surface area contributed by atoms with E-state index < -0.39 is 0 Å². The van der Waals surface area contributed by atoms with E-state index in [0.717, 1.165) is 32.1 Å². The van der Waals surface area contributed by atoms with Gasteiger partial charge in [0.05, 0.1) is 12.2 Å². The zero-order valence-corrected chi connectivity index (χ0v) is 11.7. The second kappa shape index (κ2) is 5.41. The topological polar surface area (TPSA) is 40.5 Å². The Hall–Kier alpha value is -0.600. The van der Waals surface area contributed by atoms with E-state index in [0.29, 0.717) is 17.8 Å². The van der Waals surface area contributed by atoms with E-state index in [1.165, 1.54) is 18.4 Å². The molecule has 3 fully saturated rings. The molecule has 3 saturated carbocycles. The van der Waals surface area contributed by atoms with E-state index in [2.05, 4.69) is 12.7 Å². The first-order valence-corrected chi connectivity index (χ1v) is 7.86. The quantitative estimate of drug-likeness (QED) is 0.767. The largest absolute Gasteiger partial charge is 0.392 e. The van der Waals surface area contributed by atoms with Crippen molar-refractivity contribution in [2.45, 2.75) is 57.2 Å². The van der Waals surface area contributed by atoms with Crippen molar-refractivity contribution in [1.82, 2.24) is 0 Å². The highest BCUT2D eigenvalue weighted by atomic mass is 16.3. The van der Waals surface area contributed by atoms with Crippen molar-refractivity contribution in [3.05, 3.63) is 24.3 Å². The lowest BCUT2D eigenvalue weighted by Gasteiger charge is -2.19. The fourth-order valence-corrected chi connectivity index (χ4v) is 4.54. The molecule has 0 aromatic rings. The number of aliphatic hydroxyl groups is 2. The summed E-state index contributed by atoms with van der Waals surface area (Å²) in [4.78, 5) is 0. The predicted molar refractivity (Wildman–Crippen MR) is 76.6 cm³/mol. The average molecular weight is 262 g/mol. The van der Waals surface area contributed by atoms with Gasteiger partial charge in [0, 0.05) is 5.92 Å². The smallest absolute Gasteiger partial charge is 0.0749 e. The Kier molecular flexibility index (Phi) is 3.81. The number of allylic oxidation sites excluding steroid dienone is 1. The molecular weight excluding hydrogens is 236 g/mol. The zero-order chi connectivity index (χ0) is 13.4. The molecule has 0 spiro atoms. The molecule has 0 saturated heterocycles. The monoisotopic (exact) mass is 262 g/mol. The van der Waals surface area contributed by atoms with Crippen molar-refractivity contribution in [3.8, 4) is 0 Å². The Morgan fingerprint density at radius 3 is 2.68 bits per heavy atom. The Morgan fingerprint density at radius 1 is 1.21 bits per heavy atom. The summed E-state index contributed by atoms with van der Waals surface area (Å²) in [6, 6.07) is 0. The van der Waals surface area contributed by atoms with Crippen molar-refractivity contribution >= 4 is 0 Å². The molecule has 0 unspecified atom stereocenters. The molecule has 0 heterocycles. The first-order valence-electron chi connectivity index (χ1n) is 7.86. The molecule has 0 bridgehead atoms. The van der Waals surface area contributed by atoms with E-state index in [9.17, 15) is 10.2 Å². The van der Waals surface area contributed by atoms with Crippen LogP contribution in [0.2, 0.25) is 0 Å². The summed E-state index contributed by atoms with van der Waals surface area (Å²) in [7, 11) is 0. The van der Waals surface area contributed by atoms with Crippen molar-refractivity contribution < 1.29 is 10.2 Å². The minimum absolute atomic E-state index is 0.213. The molecule has 3 aliphatic carbocycles. The van der Waals surface area contributed by atoms with Gasteiger partial charge in [-0.1, -0.05) is 37.1 Å². The van der Waals surface area contributed by atoms with Gasteiger partial charge in [0.15, 0.2) is 0 Å². The third-order valence-corrected chi connectivity index (χ3v) is 5.58. The van der Waals surface area contributed by atoms with Crippen LogP contribution in [0, 0.1) is 23.7 Å². The third-order valence-electron chi connectivity index (χ3n) is 5.58. The van der Waals surface area contributed by atoms with Crippen LogP contribution < -0.4 is 0 Å². The lowest BCUT2D eigenvalue weighted by molar-refractivity contribution is 0.135. The average Bonchev–Trinajstić information content (AvgIpc) is 3.03. The highest BCUT2D eigenvalue weighted by Crippen LogP contribution is 2.50. The molecule has 106 valence electrons. The van der Waals surface area contributed by atoms with Crippen LogP contribution in [0.25, 0.3) is 0 Å². The second-order valence-electron chi connectivity index (χ2n) is 6.88. The molecular formula is C17H26O2. The van der Waals surface area contributed by atoms with Gasteiger partial charge in [-0.3, -0.25) is 0 Å². The normalized spacial score (nSPS) is 41.3. The van der Waals surface area contributed by atoms with Crippen molar-refractivity contribution in [1.29, 1.82) is 0 Å². The van der Waals surface area contributed by atoms with E-state index in [-0.39, 0.29) is 18.1 Å². The maximum atomic E-state index is 10.2. The lowest BCUT2D eigenvalue weighted by Crippen LogP contribution is -2.19. The summed E-state index contributed by atoms with van der Waals surface area (Å²) >= 11 is 0. The molecule has 3 aliphatic rings. The molecule has 0 aromatic carbocycles. The molecule has 0 aromatic heterocycles. The van der Waals surface area contributed by atoms with Crippen molar-refractivity contribution in [2.24, 2.45) is 23.7 Å². The molecule has 2 N–H and O–H groups in total. The van der Waals surface area contributed by atoms with Crippen LogP contribution in [-0.2, 0) is 0 Å². The van der Waals surface area contributed by atoms with Crippen LogP contribution in [0.4, 0.5) is 0 Å².